The molecule has 0 fully saturated rings. The molecule has 0 heterocycles. The Balaban J connectivity index is 1.58. The molecular formula is C40H45N3O10. The molecule has 13 nitrogen and oxygen atoms in total. The van der Waals surface area contributed by atoms with Gasteiger partial charge in [0.2, 0.25) is 0 Å². The highest BCUT2D eigenvalue weighted by Crippen LogP contribution is 2.43. The molecule has 53 heavy (non-hydrogen) atoms. The van der Waals surface area contributed by atoms with Gasteiger partial charge in [-0.05, 0) is 83.6 Å². The lowest BCUT2D eigenvalue weighted by Crippen LogP contribution is -2.41. The van der Waals surface area contributed by atoms with Gasteiger partial charge in [0.05, 0.1) is 27.4 Å². The van der Waals surface area contributed by atoms with E-state index >= 15 is 0 Å². The van der Waals surface area contributed by atoms with Crippen molar-refractivity contribution in [3.63, 3.8) is 0 Å². The molecule has 4 aromatic carbocycles. The van der Waals surface area contributed by atoms with Crippen LogP contribution in [0.3, 0.4) is 0 Å². The molecule has 0 saturated heterocycles. The number of hydrogen-bond donors (Lipinski definition) is 1. The maximum atomic E-state index is 13.0. The van der Waals surface area contributed by atoms with Gasteiger partial charge in [-0.2, -0.15) is 0 Å². The van der Waals surface area contributed by atoms with E-state index in [0.717, 1.165) is 16.7 Å². The fourth-order valence-electron chi connectivity index (χ4n) is 5.45. The molecule has 0 amide bonds. The summed E-state index contributed by atoms with van der Waals surface area (Å²) in [6.45, 7) is 2.11. The van der Waals surface area contributed by atoms with E-state index in [1.165, 1.54) is 0 Å². The molecule has 0 spiro atoms. The van der Waals surface area contributed by atoms with Crippen LogP contribution in [0.15, 0.2) is 108 Å². The SMILES string of the molecule is COc1ccc(C(OCC(C)(COCCCCN=[N+]=[N-])COC(=O)COc2ccc(OCC(=O)O)cc2)(c2ccccc2)c2ccc(OC)cc2)cc1. The fourth-order valence-corrected chi connectivity index (χ4v) is 5.45. The molecule has 0 saturated carbocycles. The number of aliphatic carboxylic acids is 1. The Morgan fingerprint density at radius 2 is 1.23 bits per heavy atom. The average molecular weight is 728 g/mol. The van der Waals surface area contributed by atoms with Gasteiger partial charge in [0.1, 0.15) is 35.2 Å². The van der Waals surface area contributed by atoms with Crippen molar-refractivity contribution < 1.29 is 47.9 Å². The Labute approximate surface area is 308 Å². The number of carboxylic acids is 1. The number of nitrogens with zero attached hydrogens (tertiary/aromatic N) is 3. The number of unbranched alkanes of at least 4 members (excludes halogenated alkanes) is 1. The molecule has 4 rings (SSSR count). The summed E-state index contributed by atoms with van der Waals surface area (Å²) >= 11 is 0. The van der Waals surface area contributed by atoms with Crippen molar-refractivity contribution in [1.29, 1.82) is 0 Å². The number of esters is 1. The number of benzene rings is 4. The molecule has 0 bridgehead atoms. The first-order valence-corrected chi connectivity index (χ1v) is 17.0. The van der Waals surface area contributed by atoms with E-state index in [1.54, 1.807) is 38.5 Å². The summed E-state index contributed by atoms with van der Waals surface area (Å²) < 4.78 is 40.7. The van der Waals surface area contributed by atoms with Gasteiger partial charge >= 0.3 is 11.9 Å². The molecule has 1 N–H and O–H groups in total. The molecule has 0 aromatic heterocycles. The van der Waals surface area contributed by atoms with Crippen LogP contribution in [0.2, 0.25) is 0 Å². The third-order valence-electron chi connectivity index (χ3n) is 8.25. The maximum Gasteiger partial charge on any atom is 0.344 e. The quantitative estimate of drug-likeness (QED) is 0.0206. The zero-order valence-corrected chi connectivity index (χ0v) is 30.1. The molecule has 1 unspecified atom stereocenters. The van der Waals surface area contributed by atoms with Crippen LogP contribution in [0.1, 0.15) is 36.5 Å². The summed E-state index contributed by atoms with van der Waals surface area (Å²) in [4.78, 5) is 26.5. The minimum absolute atomic E-state index is 0.0496. The van der Waals surface area contributed by atoms with Crippen LogP contribution >= 0.6 is 0 Å². The van der Waals surface area contributed by atoms with Gasteiger partial charge in [-0.25, -0.2) is 9.59 Å². The van der Waals surface area contributed by atoms with Crippen LogP contribution in [0.4, 0.5) is 0 Å². The van der Waals surface area contributed by atoms with E-state index in [1.807, 2.05) is 85.8 Å². The smallest absolute Gasteiger partial charge is 0.344 e. The third-order valence-corrected chi connectivity index (χ3v) is 8.25. The van der Waals surface area contributed by atoms with Crippen molar-refractivity contribution in [2.75, 3.05) is 60.4 Å². The van der Waals surface area contributed by atoms with Crippen molar-refractivity contribution in [2.45, 2.75) is 25.4 Å². The molecular weight excluding hydrogens is 682 g/mol. The van der Waals surface area contributed by atoms with Crippen molar-refractivity contribution >= 4 is 11.9 Å². The lowest BCUT2D eigenvalue weighted by molar-refractivity contribution is -0.155. The van der Waals surface area contributed by atoms with Gasteiger partial charge in [0.25, 0.3) is 0 Å². The van der Waals surface area contributed by atoms with Crippen LogP contribution in [0.25, 0.3) is 10.4 Å². The number of hydrogen-bond acceptors (Lipinski definition) is 10. The molecule has 4 aromatic rings. The van der Waals surface area contributed by atoms with E-state index in [-0.39, 0.29) is 26.4 Å². The summed E-state index contributed by atoms with van der Waals surface area (Å²) in [5.41, 5.74) is 9.22. The number of methoxy groups -OCH3 is 2. The normalized spacial score (nSPS) is 12.1. The van der Waals surface area contributed by atoms with Crippen molar-refractivity contribution in [1.82, 2.24) is 0 Å². The van der Waals surface area contributed by atoms with Crippen LogP contribution in [-0.4, -0.2) is 77.5 Å². The zero-order valence-electron chi connectivity index (χ0n) is 30.1. The predicted molar refractivity (Wildman–Crippen MR) is 196 cm³/mol. The van der Waals surface area contributed by atoms with Gasteiger partial charge in [-0.3, -0.25) is 0 Å². The molecule has 1 atom stereocenters. The number of ether oxygens (including phenoxy) is 7. The van der Waals surface area contributed by atoms with E-state index < -0.39 is 29.6 Å². The number of carboxylic acid groups (broad SMARTS) is 1. The Hall–Kier alpha value is -5.75. The Morgan fingerprint density at radius 1 is 0.698 bits per heavy atom. The molecule has 0 aliphatic rings. The van der Waals surface area contributed by atoms with Crippen LogP contribution < -0.4 is 18.9 Å². The molecule has 0 aliphatic carbocycles. The fraction of sp³-hybridized carbons (Fsp3) is 0.350. The summed E-state index contributed by atoms with van der Waals surface area (Å²) in [5, 5.41) is 12.4. The summed E-state index contributed by atoms with van der Waals surface area (Å²) in [6.07, 6.45) is 1.34. The molecule has 280 valence electrons. The zero-order chi connectivity index (χ0) is 37.9. The van der Waals surface area contributed by atoms with Crippen molar-refractivity contribution in [3.05, 3.63) is 130 Å². The lowest BCUT2D eigenvalue weighted by Gasteiger charge is -2.39. The average Bonchev–Trinajstić information content (AvgIpc) is 3.19. The van der Waals surface area contributed by atoms with E-state index in [2.05, 4.69) is 10.0 Å². The van der Waals surface area contributed by atoms with E-state index in [0.29, 0.717) is 49.0 Å². The Morgan fingerprint density at radius 3 is 1.75 bits per heavy atom. The second-order valence-electron chi connectivity index (χ2n) is 12.4. The van der Waals surface area contributed by atoms with Gasteiger partial charge in [-0.1, -0.05) is 66.6 Å². The monoisotopic (exact) mass is 727 g/mol. The van der Waals surface area contributed by atoms with Crippen LogP contribution in [0, 0.1) is 5.41 Å². The van der Waals surface area contributed by atoms with Gasteiger partial charge < -0.3 is 38.3 Å². The standard InChI is InChI=1S/C40H45N3O10/c1-39(27-49-24-8-7-23-42-43-41,28-52-38(46)26-51-36-21-19-35(20-22-36)50-25-37(44)45)29-53-40(30-9-5-4-6-10-30,31-11-15-33(47-2)16-12-31)32-13-17-34(48-3)18-14-32/h4-6,9-22H,7-8,23-29H2,1-3H3,(H,44,45). The topological polar surface area (TPSA) is 168 Å². The Kier molecular flexibility index (Phi) is 15.4. The minimum atomic E-state index is -1.11. The van der Waals surface area contributed by atoms with E-state index in [4.69, 9.17) is 43.8 Å². The third kappa shape index (κ3) is 11.9. The van der Waals surface area contributed by atoms with Crippen LogP contribution in [-0.2, 0) is 29.4 Å². The predicted octanol–water partition coefficient (Wildman–Crippen LogP) is 7.21. The first kappa shape index (κ1) is 40.0. The van der Waals surface area contributed by atoms with Crippen molar-refractivity contribution in [2.24, 2.45) is 10.5 Å². The largest absolute Gasteiger partial charge is 0.497 e. The molecule has 0 aliphatic heterocycles. The molecule has 13 heteroatoms. The van der Waals surface area contributed by atoms with Crippen molar-refractivity contribution in [3.8, 4) is 23.0 Å². The first-order chi connectivity index (χ1) is 25.7. The minimum Gasteiger partial charge on any atom is -0.497 e. The highest BCUT2D eigenvalue weighted by Gasteiger charge is 2.41. The second kappa shape index (κ2) is 20.3. The van der Waals surface area contributed by atoms with E-state index in [9.17, 15) is 9.59 Å². The summed E-state index contributed by atoms with van der Waals surface area (Å²) in [7, 11) is 3.23. The maximum absolute atomic E-state index is 13.0. The number of carbonyl (C=O) groups excluding carboxylic acids is 1. The highest BCUT2D eigenvalue weighted by molar-refractivity contribution is 5.71. The van der Waals surface area contributed by atoms with Gasteiger partial charge in [0.15, 0.2) is 13.2 Å². The van der Waals surface area contributed by atoms with Crippen LogP contribution in [0.5, 0.6) is 23.0 Å². The highest BCUT2D eigenvalue weighted by atomic mass is 16.6. The summed E-state index contributed by atoms with van der Waals surface area (Å²) in [6, 6.07) is 31.5. The lowest BCUT2D eigenvalue weighted by atomic mass is 9.79. The molecule has 0 radical (unpaired) electrons. The number of rotatable bonds is 23. The Bertz CT molecular complexity index is 1720. The van der Waals surface area contributed by atoms with Gasteiger partial charge in [0, 0.05) is 23.5 Å². The van der Waals surface area contributed by atoms with Gasteiger partial charge in [-0.15, -0.1) is 0 Å². The number of azide groups is 1. The first-order valence-electron chi connectivity index (χ1n) is 17.0. The second-order valence-corrected chi connectivity index (χ2v) is 12.4. The summed E-state index contributed by atoms with van der Waals surface area (Å²) in [5.74, 6) is 0.435. The number of carbonyl (C=O) groups is 2.